The molecule has 0 fully saturated rings. The molecular weight excluding hydrogens is 152 g/mol. The molecule has 0 radical (unpaired) electrons. The zero-order valence-electron chi connectivity index (χ0n) is 8.09. The fourth-order valence-corrected chi connectivity index (χ4v) is 1.09. The molecule has 2 N–H and O–H groups in total. The Balaban J connectivity index is 4.02. The quantitative estimate of drug-likeness (QED) is 0.624. The van der Waals surface area contributed by atoms with E-state index in [-0.39, 0.29) is 0 Å². The zero-order chi connectivity index (χ0) is 9.61. The van der Waals surface area contributed by atoms with Gasteiger partial charge in [-0.25, -0.2) is 0 Å². The second kappa shape index (κ2) is 5.18. The Morgan fingerprint density at radius 3 is 2.42 bits per heavy atom. The van der Waals surface area contributed by atoms with Gasteiger partial charge in [-0.1, -0.05) is 6.92 Å². The maximum absolute atomic E-state index is 9.81. The van der Waals surface area contributed by atoms with Crippen molar-refractivity contribution in [3.63, 3.8) is 0 Å². The summed E-state index contributed by atoms with van der Waals surface area (Å²) in [5.74, 6) is 5.63. The highest BCUT2D eigenvalue weighted by Gasteiger charge is 2.29. The van der Waals surface area contributed by atoms with Gasteiger partial charge in [0.2, 0.25) is 0 Å². The molecule has 0 aliphatic carbocycles. The molecule has 70 valence electrons. The summed E-state index contributed by atoms with van der Waals surface area (Å²) in [7, 11) is 0. The topological polar surface area (TPSA) is 40.5 Å². The Labute approximate surface area is 74.6 Å². The molecule has 0 saturated heterocycles. The third kappa shape index (κ3) is 3.25. The van der Waals surface area contributed by atoms with Gasteiger partial charge in [-0.2, -0.15) is 0 Å². The fraction of sp³-hybridized carbons (Fsp3) is 0.800. The fourth-order valence-electron chi connectivity index (χ4n) is 1.09. The lowest BCUT2D eigenvalue weighted by molar-refractivity contribution is -0.0729. The highest BCUT2D eigenvalue weighted by atomic mass is 16.3. The van der Waals surface area contributed by atoms with Crippen molar-refractivity contribution < 1.29 is 10.2 Å². The first-order valence-corrected chi connectivity index (χ1v) is 4.37. The summed E-state index contributed by atoms with van der Waals surface area (Å²) in [4.78, 5) is 0. The molecule has 0 amide bonds. The van der Waals surface area contributed by atoms with Crippen LogP contribution in [0, 0.1) is 11.8 Å². The summed E-state index contributed by atoms with van der Waals surface area (Å²) in [6.07, 6.45) is 1.07. The van der Waals surface area contributed by atoms with Gasteiger partial charge in [0.1, 0.15) is 0 Å². The van der Waals surface area contributed by atoms with Crippen molar-refractivity contribution in [3.8, 4) is 11.8 Å². The number of aliphatic hydroxyl groups is 2. The van der Waals surface area contributed by atoms with Gasteiger partial charge in [-0.3, -0.25) is 0 Å². The second-order valence-corrected chi connectivity index (χ2v) is 3.06. The van der Waals surface area contributed by atoms with E-state index < -0.39 is 11.7 Å². The Morgan fingerprint density at radius 1 is 1.50 bits per heavy atom. The lowest BCUT2D eigenvalue weighted by Crippen LogP contribution is -2.39. The van der Waals surface area contributed by atoms with Crippen molar-refractivity contribution in [2.75, 3.05) is 0 Å². The van der Waals surface area contributed by atoms with Crippen LogP contribution < -0.4 is 0 Å². The first kappa shape index (κ1) is 11.5. The number of aliphatic hydroxyl groups excluding tert-OH is 1. The van der Waals surface area contributed by atoms with Gasteiger partial charge >= 0.3 is 0 Å². The van der Waals surface area contributed by atoms with Crippen LogP contribution in [-0.2, 0) is 0 Å². The average molecular weight is 170 g/mol. The summed E-state index contributed by atoms with van der Waals surface area (Å²) < 4.78 is 0. The predicted molar refractivity (Wildman–Crippen MR) is 49.6 cm³/mol. The molecule has 0 aliphatic rings. The lowest BCUT2D eigenvalue weighted by Gasteiger charge is -2.29. The SMILES string of the molecule is CC#CCCC(O)(CC)C(C)O. The van der Waals surface area contributed by atoms with E-state index in [9.17, 15) is 10.2 Å². The van der Waals surface area contributed by atoms with Crippen molar-refractivity contribution >= 4 is 0 Å². The van der Waals surface area contributed by atoms with Gasteiger partial charge in [0, 0.05) is 6.42 Å². The van der Waals surface area contributed by atoms with E-state index in [4.69, 9.17) is 0 Å². The van der Waals surface area contributed by atoms with Crippen molar-refractivity contribution in [2.45, 2.75) is 51.7 Å². The van der Waals surface area contributed by atoms with Gasteiger partial charge in [0.25, 0.3) is 0 Å². The van der Waals surface area contributed by atoms with Crippen LogP contribution in [0.15, 0.2) is 0 Å². The minimum atomic E-state index is -0.955. The van der Waals surface area contributed by atoms with Crippen LogP contribution >= 0.6 is 0 Å². The van der Waals surface area contributed by atoms with Crippen molar-refractivity contribution in [3.05, 3.63) is 0 Å². The van der Waals surface area contributed by atoms with Gasteiger partial charge in [0.05, 0.1) is 11.7 Å². The van der Waals surface area contributed by atoms with Gasteiger partial charge in [-0.05, 0) is 26.7 Å². The molecule has 0 aliphatic heterocycles. The van der Waals surface area contributed by atoms with E-state index in [0.29, 0.717) is 19.3 Å². The molecule has 2 nitrogen and oxygen atoms in total. The average Bonchev–Trinajstić information content (AvgIpc) is 2.04. The van der Waals surface area contributed by atoms with E-state index in [0.717, 1.165) is 0 Å². The highest BCUT2D eigenvalue weighted by molar-refractivity contribution is 4.97. The third-order valence-corrected chi connectivity index (χ3v) is 2.25. The largest absolute Gasteiger partial charge is 0.390 e. The number of hydrogen-bond acceptors (Lipinski definition) is 2. The maximum Gasteiger partial charge on any atom is 0.0909 e. The molecule has 2 unspecified atom stereocenters. The maximum atomic E-state index is 9.81. The van der Waals surface area contributed by atoms with Gasteiger partial charge < -0.3 is 10.2 Å². The summed E-state index contributed by atoms with van der Waals surface area (Å²) in [6, 6.07) is 0. The summed E-state index contributed by atoms with van der Waals surface area (Å²) in [5.41, 5.74) is -0.955. The highest BCUT2D eigenvalue weighted by Crippen LogP contribution is 2.21. The van der Waals surface area contributed by atoms with Crippen LogP contribution in [0.2, 0.25) is 0 Å². The molecule has 2 atom stereocenters. The molecule has 0 heterocycles. The first-order valence-electron chi connectivity index (χ1n) is 4.37. The zero-order valence-corrected chi connectivity index (χ0v) is 8.09. The van der Waals surface area contributed by atoms with Crippen molar-refractivity contribution in [1.82, 2.24) is 0 Å². The van der Waals surface area contributed by atoms with Crippen LogP contribution in [0.4, 0.5) is 0 Å². The van der Waals surface area contributed by atoms with E-state index in [1.165, 1.54) is 0 Å². The molecule has 0 spiro atoms. The molecule has 0 aromatic heterocycles. The van der Waals surface area contributed by atoms with Gasteiger partial charge in [-0.15, -0.1) is 11.8 Å². The van der Waals surface area contributed by atoms with Crippen molar-refractivity contribution in [2.24, 2.45) is 0 Å². The normalized spacial score (nSPS) is 17.4. The smallest absolute Gasteiger partial charge is 0.0909 e. The standard InChI is InChI=1S/C10H18O2/c1-4-6-7-8-10(12,5-2)9(3)11/h9,11-12H,5,7-8H2,1-3H3. The Morgan fingerprint density at radius 2 is 2.08 bits per heavy atom. The van der Waals surface area contributed by atoms with Crippen LogP contribution in [0.25, 0.3) is 0 Å². The lowest BCUT2D eigenvalue weighted by atomic mass is 9.89. The molecule has 12 heavy (non-hydrogen) atoms. The van der Waals surface area contributed by atoms with Gasteiger partial charge in [0.15, 0.2) is 0 Å². The minimum Gasteiger partial charge on any atom is -0.390 e. The molecule has 0 saturated carbocycles. The van der Waals surface area contributed by atoms with Crippen LogP contribution in [0.5, 0.6) is 0 Å². The Bertz CT molecular complexity index is 176. The second-order valence-electron chi connectivity index (χ2n) is 3.06. The first-order chi connectivity index (χ1) is 5.56. The Hall–Kier alpha value is -0.520. The summed E-state index contributed by atoms with van der Waals surface area (Å²) in [5, 5.41) is 19.1. The molecule has 0 rings (SSSR count). The molecule has 0 bridgehead atoms. The molecular formula is C10H18O2. The number of rotatable bonds is 4. The Kier molecular flexibility index (Phi) is 4.96. The van der Waals surface area contributed by atoms with E-state index >= 15 is 0 Å². The summed E-state index contributed by atoms with van der Waals surface area (Å²) in [6.45, 7) is 5.25. The monoisotopic (exact) mass is 170 g/mol. The van der Waals surface area contributed by atoms with E-state index in [2.05, 4.69) is 11.8 Å². The summed E-state index contributed by atoms with van der Waals surface area (Å²) >= 11 is 0. The van der Waals surface area contributed by atoms with Crippen LogP contribution in [-0.4, -0.2) is 21.9 Å². The van der Waals surface area contributed by atoms with E-state index in [1.54, 1.807) is 13.8 Å². The number of hydrogen-bond donors (Lipinski definition) is 2. The predicted octanol–water partition coefficient (Wildman–Crippen LogP) is 1.31. The molecule has 2 heteroatoms. The van der Waals surface area contributed by atoms with Crippen molar-refractivity contribution in [1.29, 1.82) is 0 Å². The molecule has 0 aromatic carbocycles. The minimum absolute atomic E-state index is 0.544. The third-order valence-electron chi connectivity index (χ3n) is 2.25. The van der Waals surface area contributed by atoms with Crippen LogP contribution in [0.3, 0.4) is 0 Å². The van der Waals surface area contributed by atoms with E-state index in [1.807, 2.05) is 6.92 Å². The van der Waals surface area contributed by atoms with Crippen LogP contribution in [0.1, 0.15) is 40.0 Å². The molecule has 0 aromatic rings.